The summed E-state index contributed by atoms with van der Waals surface area (Å²) in [7, 11) is 1.26. The van der Waals surface area contributed by atoms with Crippen molar-refractivity contribution in [3.8, 4) is 0 Å². The standard InChI is InChI=1S/C13H14INO5/c1-8(13(18)19-3)15-12(17)10-6-4-5-7-11(10)14(15)20-9(2)16/h4-8H,1-3H3. The summed E-state index contributed by atoms with van der Waals surface area (Å²) in [6.45, 7) is 2.87. The van der Waals surface area contributed by atoms with Crippen molar-refractivity contribution in [2.45, 2.75) is 19.9 Å². The summed E-state index contributed by atoms with van der Waals surface area (Å²) < 4.78 is 12.1. The first-order valence-electron chi connectivity index (χ1n) is 5.87. The molecule has 0 bridgehead atoms. The molecule has 1 heterocycles. The molecule has 0 radical (unpaired) electrons. The fourth-order valence-electron chi connectivity index (χ4n) is 1.81. The normalized spacial score (nSPS) is 16.6. The van der Waals surface area contributed by atoms with Crippen molar-refractivity contribution in [1.82, 2.24) is 3.11 Å². The van der Waals surface area contributed by atoms with Gasteiger partial charge in [-0.05, 0) is 0 Å². The van der Waals surface area contributed by atoms with Gasteiger partial charge in [-0.3, -0.25) is 0 Å². The molecule has 2 rings (SSSR count). The Hall–Kier alpha value is -1.64. The zero-order chi connectivity index (χ0) is 14.9. The topological polar surface area (TPSA) is 72.9 Å². The molecular formula is C13H14INO5. The Kier molecular flexibility index (Phi) is 4.26. The molecule has 1 amide bonds. The van der Waals surface area contributed by atoms with Crippen LogP contribution in [0.2, 0.25) is 0 Å². The summed E-state index contributed by atoms with van der Waals surface area (Å²) in [6.07, 6.45) is 0. The number of nitrogens with zero attached hydrogens (tertiary/aromatic N) is 1. The van der Waals surface area contributed by atoms with Gasteiger partial charge in [0.25, 0.3) is 0 Å². The predicted molar refractivity (Wildman–Crippen MR) is 78.6 cm³/mol. The Morgan fingerprint density at radius 2 is 1.95 bits per heavy atom. The van der Waals surface area contributed by atoms with Crippen molar-refractivity contribution in [3.05, 3.63) is 33.4 Å². The number of hydrogen-bond donors (Lipinski definition) is 0. The minimum absolute atomic E-state index is 0.287. The van der Waals surface area contributed by atoms with E-state index in [1.165, 1.54) is 17.1 Å². The number of carbonyl (C=O) groups is 3. The zero-order valence-electron chi connectivity index (χ0n) is 11.3. The van der Waals surface area contributed by atoms with Gasteiger partial charge in [-0.15, -0.1) is 0 Å². The van der Waals surface area contributed by atoms with Crippen molar-refractivity contribution >= 4 is 38.4 Å². The van der Waals surface area contributed by atoms with E-state index in [9.17, 15) is 14.4 Å². The van der Waals surface area contributed by atoms with Crippen LogP contribution in [0.3, 0.4) is 0 Å². The first-order valence-corrected chi connectivity index (χ1v) is 8.79. The molecule has 0 fully saturated rings. The number of carbonyl (C=O) groups excluding carboxylic acids is 3. The number of rotatable bonds is 3. The Morgan fingerprint density at radius 3 is 2.55 bits per heavy atom. The Labute approximate surface area is 124 Å². The number of amides is 1. The van der Waals surface area contributed by atoms with E-state index in [1.807, 2.05) is 0 Å². The van der Waals surface area contributed by atoms with Crippen molar-refractivity contribution in [3.63, 3.8) is 0 Å². The van der Waals surface area contributed by atoms with Crippen LogP contribution in [0.25, 0.3) is 0 Å². The van der Waals surface area contributed by atoms with Gasteiger partial charge in [-0.1, -0.05) is 0 Å². The van der Waals surface area contributed by atoms with Gasteiger partial charge in [0.15, 0.2) is 0 Å². The molecule has 0 aromatic heterocycles. The van der Waals surface area contributed by atoms with Crippen LogP contribution in [-0.2, 0) is 17.4 Å². The second kappa shape index (κ2) is 5.78. The van der Waals surface area contributed by atoms with E-state index in [0.717, 1.165) is 3.57 Å². The van der Waals surface area contributed by atoms with Crippen molar-refractivity contribution in [1.29, 1.82) is 0 Å². The number of hydrogen-bond acceptors (Lipinski definition) is 5. The molecule has 1 aliphatic heterocycles. The molecule has 0 spiro atoms. The number of halogens is 1. The van der Waals surface area contributed by atoms with Gasteiger partial charge in [0.2, 0.25) is 0 Å². The van der Waals surface area contributed by atoms with Gasteiger partial charge in [-0.25, -0.2) is 0 Å². The molecule has 1 unspecified atom stereocenters. The Balaban J connectivity index is 2.43. The molecule has 1 aliphatic rings. The summed E-state index contributed by atoms with van der Waals surface area (Å²) in [5.41, 5.74) is 0.495. The SMILES string of the molecule is COC(=O)C(C)N1C(=O)c2ccccc2I1OC(C)=O. The van der Waals surface area contributed by atoms with E-state index in [4.69, 9.17) is 3.07 Å². The third-order valence-corrected chi connectivity index (χ3v) is 7.89. The second-order valence-corrected chi connectivity index (χ2v) is 8.05. The number of benzene rings is 1. The van der Waals surface area contributed by atoms with Gasteiger partial charge in [-0.2, -0.15) is 0 Å². The van der Waals surface area contributed by atoms with Crippen molar-refractivity contribution in [2.24, 2.45) is 0 Å². The molecule has 1 aromatic carbocycles. The van der Waals surface area contributed by atoms with Gasteiger partial charge in [0.1, 0.15) is 0 Å². The number of fused-ring (bicyclic) bond motifs is 1. The predicted octanol–water partition coefficient (Wildman–Crippen LogP) is 1.77. The van der Waals surface area contributed by atoms with E-state index >= 15 is 0 Å². The molecule has 0 aliphatic carbocycles. The van der Waals surface area contributed by atoms with Crippen LogP contribution in [0.4, 0.5) is 0 Å². The van der Waals surface area contributed by atoms with E-state index < -0.39 is 38.5 Å². The van der Waals surface area contributed by atoms with Crippen molar-refractivity contribution in [2.75, 3.05) is 7.11 Å². The first-order chi connectivity index (χ1) is 9.47. The summed E-state index contributed by atoms with van der Waals surface area (Å²) >= 11 is -2.71. The summed E-state index contributed by atoms with van der Waals surface area (Å²) in [5, 5.41) is 0. The fraction of sp³-hybridized carbons (Fsp3) is 0.308. The van der Waals surface area contributed by atoms with Gasteiger partial charge in [0.05, 0.1) is 0 Å². The summed E-state index contributed by atoms with van der Waals surface area (Å²) in [4.78, 5) is 35.4. The number of esters is 1. The Bertz CT molecular complexity index is 574. The van der Waals surface area contributed by atoms with E-state index in [-0.39, 0.29) is 5.91 Å². The quantitative estimate of drug-likeness (QED) is 0.446. The third kappa shape index (κ3) is 2.49. The monoisotopic (exact) mass is 391 g/mol. The molecule has 0 saturated carbocycles. The maximum absolute atomic E-state index is 12.4. The van der Waals surface area contributed by atoms with Gasteiger partial charge in [0, 0.05) is 0 Å². The van der Waals surface area contributed by atoms with Crippen LogP contribution in [0.1, 0.15) is 24.2 Å². The fourth-order valence-corrected chi connectivity index (χ4v) is 6.48. The van der Waals surface area contributed by atoms with Crippen LogP contribution >= 0.6 is 20.5 Å². The summed E-state index contributed by atoms with van der Waals surface area (Å²) in [6, 6.07) is 6.20. The van der Waals surface area contributed by atoms with E-state index in [2.05, 4.69) is 4.74 Å². The zero-order valence-corrected chi connectivity index (χ0v) is 13.4. The van der Waals surface area contributed by atoms with Crippen LogP contribution in [0.15, 0.2) is 24.3 Å². The average molecular weight is 391 g/mol. The number of methoxy groups -OCH3 is 1. The molecule has 0 saturated heterocycles. The average Bonchev–Trinajstić information content (AvgIpc) is 2.70. The molecule has 6 nitrogen and oxygen atoms in total. The molecule has 108 valence electrons. The molecule has 1 atom stereocenters. The molecular weight excluding hydrogens is 377 g/mol. The minimum atomic E-state index is -2.71. The molecule has 20 heavy (non-hydrogen) atoms. The van der Waals surface area contributed by atoms with Crippen LogP contribution in [-0.4, -0.2) is 34.1 Å². The van der Waals surface area contributed by atoms with Crippen molar-refractivity contribution < 1.29 is 22.2 Å². The number of ether oxygens (including phenoxy) is 1. The van der Waals surface area contributed by atoms with E-state index in [1.54, 1.807) is 31.2 Å². The Morgan fingerprint density at radius 1 is 1.30 bits per heavy atom. The van der Waals surface area contributed by atoms with Gasteiger partial charge < -0.3 is 0 Å². The summed E-state index contributed by atoms with van der Waals surface area (Å²) in [5.74, 6) is -1.27. The third-order valence-electron chi connectivity index (χ3n) is 2.70. The van der Waals surface area contributed by atoms with Crippen LogP contribution in [0, 0.1) is 3.57 Å². The van der Waals surface area contributed by atoms with Crippen LogP contribution in [0.5, 0.6) is 0 Å². The van der Waals surface area contributed by atoms with Gasteiger partial charge >= 0.3 is 124 Å². The molecule has 7 heteroatoms. The maximum atomic E-state index is 12.4. The molecule has 1 aromatic rings. The molecule has 0 N–H and O–H groups in total. The first kappa shape index (κ1) is 14.8. The van der Waals surface area contributed by atoms with Crippen LogP contribution < -0.4 is 0 Å². The van der Waals surface area contributed by atoms with E-state index in [0.29, 0.717) is 5.56 Å². The second-order valence-electron chi connectivity index (χ2n) is 4.09.